The van der Waals surface area contributed by atoms with Gasteiger partial charge in [-0.15, -0.1) is 0 Å². The highest BCUT2D eigenvalue weighted by molar-refractivity contribution is 5.26. The molecular formula is C15H26N2O2. The van der Waals surface area contributed by atoms with Crippen LogP contribution in [0.15, 0.2) is 10.5 Å². The van der Waals surface area contributed by atoms with Gasteiger partial charge in [0.25, 0.3) is 0 Å². The molecule has 0 saturated carbocycles. The predicted molar refractivity (Wildman–Crippen MR) is 76.3 cm³/mol. The quantitative estimate of drug-likeness (QED) is 0.872. The summed E-state index contributed by atoms with van der Waals surface area (Å²) in [6.45, 7) is 8.50. The van der Waals surface area contributed by atoms with Gasteiger partial charge in [0.1, 0.15) is 17.1 Å². The molecule has 2 rings (SSSR count). The fourth-order valence-electron chi connectivity index (χ4n) is 2.82. The molecule has 0 spiro atoms. The van der Waals surface area contributed by atoms with Gasteiger partial charge >= 0.3 is 0 Å². The van der Waals surface area contributed by atoms with Gasteiger partial charge in [-0.1, -0.05) is 0 Å². The minimum absolute atomic E-state index is 0.510. The molecule has 108 valence electrons. The van der Waals surface area contributed by atoms with E-state index in [2.05, 4.69) is 17.3 Å². The van der Waals surface area contributed by atoms with E-state index in [0.29, 0.717) is 12.6 Å². The molecule has 4 nitrogen and oxygen atoms in total. The lowest BCUT2D eigenvalue weighted by atomic mass is 9.95. The Morgan fingerprint density at radius 2 is 2.05 bits per heavy atom. The number of nitrogens with one attached hydrogen (secondary N) is 1. The summed E-state index contributed by atoms with van der Waals surface area (Å²) in [5.41, 5.74) is 0.0241. The monoisotopic (exact) mass is 266 g/mol. The van der Waals surface area contributed by atoms with Crippen LogP contribution in [0, 0.1) is 13.8 Å². The Bertz CT molecular complexity index is 418. The molecule has 1 aromatic rings. The summed E-state index contributed by atoms with van der Waals surface area (Å²) in [5, 5.41) is 14.1. The Morgan fingerprint density at radius 1 is 1.42 bits per heavy atom. The largest absolute Gasteiger partial charge is 0.466 e. The highest BCUT2D eigenvalue weighted by atomic mass is 16.3. The van der Waals surface area contributed by atoms with E-state index >= 15 is 0 Å². The fourth-order valence-corrected chi connectivity index (χ4v) is 2.82. The van der Waals surface area contributed by atoms with Gasteiger partial charge in [-0.2, -0.15) is 0 Å². The number of hydrogen-bond donors (Lipinski definition) is 2. The van der Waals surface area contributed by atoms with E-state index in [4.69, 9.17) is 4.42 Å². The Balaban J connectivity index is 1.92. The molecule has 2 heterocycles. The summed E-state index contributed by atoms with van der Waals surface area (Å²) in [7, 11) is 2.16. The SMILES string of the molecule is Cc1cc(C(C)(O)CNC2CCN(C)CC2)c(C)o1. The molecule has 0 aromatic carbocycles. The van der Waals surface area contributed by atoms with E-state index in [1.807, 2.05) is 26.8 Å². The van der Waals surface area contributed by atoms with Crippen molar-refractivity contribution < 1.29 is 9.52 Å². The highest BCUT2D eigenvalue weighted by Crippen LogP contribution is 2.26. The first-order valence-corrected chi connectivity index (χ1v) is 7.10. The van der Waals surface area contributed by atoms with Crippen molar-refractivity contribution in [3.8, 4) is 0 Å². The van der Waals surface area contributed by atoms with Crippen molar-refractivity contribution in [3.05, 3.63) is 23.2 Å². The molecule has 4 heteroatoms. The molecule has 2 N–H and O–H groups in total. The van der Waals surface area contributed by atoms with Crippen LogP contribution < -0.4 is 5.32 Å². The first-order valence-electron chi connectivity index (χ1n) is 7.10. The van der Waals surface area contributed by atoms with Gasteiger partial charge in [-0.05, 0) is 59.8 Å². The molecule has 0 aliphatic carbocycles. The first-order chi connectivity index (χ1) is 8.88. The molecule has 0 bridgehead atoms. The molecule has 1 atom stereocenters. The maximum Gasteiger partial charge on any atom is 0.107 e. The average Bonchev–Trinajstić information content (AvgIpc) is 2.69. The standard InChI is InChI=1S/C15H26N2O2/c1-11-9-14(12(2)19-11)15(3,18)10-16-13-5-7-17(4)8-6-13/h9,13,16,18H,5-8,10H2,1-4H3. The maximum absolute atomic E-state index is 10.6. The van der Waals surface area contributed by atoms with Gasteiger partial charge in [-0.3, -0.25) is 0 Å². The molecular weight excluding hydrogens is 240 g/mol. The topological polar surface area (TPSA) is 48.6 Å². The second-order valence-electron chi connectivity index (χ2n) is 6.06. The van der Waals surface area contributed by atoms with Crippen molar-refractivity contribution in [1.82, 2.24) is 10.2 Å². The molecule has 1 unspecified atom stereocenters. The van der Waals surface area contributed by atoms with Crippen LogP contribution in [0.4, 0.5) is 0 Å². The summed E-state index contributed by atoms with van der Waals surface area (Å²) in [6.07, 6.45) is 2.30. The normalized spacial score (nSPS) is 21.5. The van der Waals surface area contributed by atoms with E-state index in [-0.39, 0.29) is 0 Å². The molecule has 0 amide bonds. The molecule has 19 heavy (non-hydrogen) atoms. The van der Waals surface area contributed by atoms with Crippen molar-refractivity contribution in [2.75, 3.05) is 26.7 Å². The van der Waals surface area contributed by atoms with Crippen molar-refractivity contribution >= 4 is 0 Å². The summed E-state index contributed by atoms with van der Waals surface area (Å²) < 4.78 is 5.51. The zero-order valence-electron chi connectivity index (χ0n) is 12.5. The maximum atomic E-state index is 10.6. The van der Waals surface area contributed by atoms with Crippen molar-refractivity contribution in [2.24, 2.45) is 0 Å². The summed E-state index contributed by atoms with van der Waals surface area (Å²) >= 11 is 0. The second-order valence-corrected chi connectivity index (χ2v) is 6.06. The number of nitrogens with zero attached hydrogens (tertiary/aromatic N) is 1. The van der Waals surface area contributed by atoms with Gasteiger partial charge in [0.15, 0.2) is 0 Å². The third-order valence-electron chi connectivity index (χ3n) is 4.07. The van der Waals surface area contributed by atoms with Gasteiger partial charge in [-0.25, -0.2) is 0 Å². The van der Waals surface area contributed by atoms with Crippen LogP contribution in [-0.4, -0.2) is 42.7 Å². The van der Waals surface area contributed by atoms with Crippen LogP contribution in [-0.2, 0) is 5.60 Å². The number of aryl methyl sites for hydroxylation is 2. The first kappa shape index (κ1) is 14.6. The van der Waals surface area contributed by atoms with Gasteiger partial charge in [0.05, 0.1) is 0 Å². The summed E-state index contributed by atoms with van der Waals surface area (Å²) in [6, 6.07) is 2.45. The Morgan fingerprint density at radius 3 is 2.58 bits per heavy atom. The van der Waals surface area contributed by atoms with E-state index in [1.165, 1.54) is 0 Å². The second kappa shape index (κ2) is 5.65. The van der Waals surface area contributed by atoms with Crippen LogP contribution in [0.25, 0.3) is 0 Å². The Labute approximate surface area is 115 Å². The number of rotatable bonds is 4. The number of furan rings is 1. The molecule has 1 aromatic heterocycles. The predicted octanol–water partition coefficient (Wildman–Crippen LogP) is 1.79. The lowest BCUT2D eigenvalue weighted by molar-refractivity contribution is 0.0494. The molecule has 1 aliphatic heterocycles. The number of piperidine rings is 1. The molecule has 1 saturated heterocycles. The van der Waals surface area contributed by atoms with E-state index < -0.39 is 5.60 Å². The average molecular weight is 266 g/mol. The van der Waals surface area contributed by atoms with Gasteiger partial charge in [0.2, 0.25) is 0 Å². The third-order valence-corrected chi connectivity index (χ3v) is 4.07. The number of hydrogen-bond acceptors (Lipinski definition) is 4. The van der Waals surface area contributed by atoms with Crippen LogP contribution in [0.3, 0.4) is 0 Å². The molecule has 1 aliphatic rings. The van der Waals surface area contributed by atoms with Gasteiger partial charge in [0, 0.05) is 18.2 Å². The van der Waals surface area contributed by atoms with E-state index in [0.717, 1.165) is 43.0 Å². The minimum atomic E-state index is -0.870. The van der Waals surface area contributed by atoms with Gasteiger partial charge < -0.3 is 19.7 Å². The molecule has 1 fully saturated rings. The van der Waals surface area contributed by atoms with E-state index in [9.17, 15) is 5.11 Å². The van der Waals surface area contributed by atoms with Crippen molar-refractivity contribution in [1.29, 1.82) is 0 Å². The van der Waals surface area contributed by atoms with E-state index in [1.54, 1.807) is 0 Å². The highest BCUT2D eigenvalue weighted by Gasteiger charge is 2.28. The van der Waals surface area contributed by atoms with Crippen LogP contribution >= 0.6 is 0 Å². The Hall–Kier alpha value is -0.840. The van der Waals surface area contributed by atoms with Crippen LogP contribution in [0.2, 0.25) is 0 Å². The zero-order valence-corrected chi connectivity index (χ0v) is 12.5. The number of likely N-dealkylation sites (tertiary alicyclic amines) is 1. The number of aliphatic hydroxyl groups is 1. The lowest BCUT2D eigenvalue weighted by Crippen LogP contribution is -2.45. The fraction of sp³-hybridized carbons (Fsp3) is 0.733. The van der Waals surface area contributed by atoms with Crippen LogP contribution in [0.5, 0.6) is 0 Å². The van der Waals surface area contributed by atoms with Crippen molar-refractivity contribution in [2.45, 2.75) is 45.3 Å². The van der Waals surface area contributed by atoms with Crippen molar-refractivity contribution in [3.63, 3.8) is 0 Å². The molecule has 0 radical (unpaired) electrons. The zero-order chi connectivity index (χ0) is 14.0. The summed E-state index contributed by atoms with van der Waals surface area (Å²) in [5.74, 6) is 1.67. The summed E-state index contributed by atoms with van der Waals surface area (Å²) in [4.78, 5) is 2.35. The lowest BCUT2D eigenvalue weighted by Gasteiger charge is -2.32. The van der Waals surface area contributed by atoms with Crippen LogP contribution in [0.1, 0.15) is 36.8 Å². The minimum Gasteiger partial charge on any atom is -0.466 e. The Kier molecular flexibility index (Phi) is 4.33. The third kappa shape index (κ3) is 3.59. The smallest absolute Gasteiger partial charge is 0.107 e.